The van der Waals surface area contributed by atoms with Gasteiger partial charge in [0, 0.05) is 6.54 Å². The van der Waals surface area contributed by atoms with Crippen LogP contribution in [0.5, 0.6) is 0 Å². The molecule has 0 radical (unpaired) electrons. The van der Waals surface area contributed by atoms with E-state index in [1.165, 1.54) is 6.92 Å². The fraction of sp³-hybridized carbons (Fsp3) is 0.778. The molecule has 2 amide bonds. The number of carboxylic acid groups (broad SMARTS) is 1. The van der Waals surface area contributed by atoms with Gasteiger partial charge in [-0.1, -0.05) is 41.5 Å². The predicted octanol–water partition coefficient (Wildman–Crippen LogP) is 2.09. The number of rotatable bonds is 5. The summed E-state index contributed by atoms with van der Waals surface area (Å²) in [6, 6.07) is 0. The molecule has 0 spiro atoms. The molecule has 1 rings (SSSR count). The van der Waals surface area contributed by atoms with Crippen molar-refractivity contribution in [2.24, 2.45) is 22.7 Å². The van der Waals surface area contributed by atoms with Crippen molar-refractivity contribution < 1.29 is 29.0 Å². The standard InChI is InChI=1S/C18H29NO6/c1-10(16(23)24)25-11(20)8-9-19-14(21)12(17(2,3)4)13(15(19)22)18(5,6)7/h10,12-13H,8-9H2,1-7H3,(H,23,24). The van der Waals surface area contributed by atoms with Crippen molar-refractivity contribution in [1.82, 2.24) is 4.90 Å². The van der Waals surface area contributed by atoms with Crippen LogP contribution in [0.1, 0.15) is 54.9 Å². The number of likely N-dealkylation sites (tertiary alicyclic amines) is 1. The first kappa shape index (κ1) is 21.1. The molecular formula is C18H29NO6. The first-order chi connectivity index (χ1) is 11.2. The number of ether oxygens (including phenoxy) is 1. The predicted molar refractivity (Wildman–Crippen MR) is 90.4 cm³/mol. The molecule has 1 aliphatic heterocycles. The van der Waals surface area contributed by atoms with Crippen molar-refractivity contribution >= 4 is 23.8 Å². The zero-order chi connectivity index (χ0) is 19.7. The molecule has 142 valence electrons. The average molecular weight is 355 g/mol. The molecule has 25 heavy (non-hydrogen) atoms. The Labute approximate surface area is 148 Å². The van der Waals surface area contributed by atoms with Crippen molar-refractivity contribution in [2.75, 3.05) is 6.54 Å². The molecule has 0 aromatic heterocycles. The average Bonchev–Trinajstić information content (AvgIpc) is 2.67. The zero-order valence-corrected chi connectivity index (χ0v) is 16.1. The van der Waals surface area contributed by atoms with E-state index in [1.54, 1.807) is 0 Å². The van der Waals surface area contributed by atoms with Crippen LogP contribution in [0.4, 0.5) is 0 Å². The molecule has 3 unspecified atom stereocenters. The lowest BCUT2D eigenvalue weighted by Gasteiger charge is -2.35. The van der Waals surface area contributed by atoms with Gasteiger partial charge in [-0.25, -0.2) is 4.79 Å². The zero-order valence-electron chi connectivity index (χ0n) is 16.1. The summed E-state index contributed by atoms with van der Waals surface area (Å²) in [5.41, 5.74) is -0.782. The minimum Gasteiger partial charge on any atom is -0.479 e. The van der Waals surface area contributed by atoms with Crippen molar-refractivity contribution in [3.8, 4) is 0 Å². The number of aliphatic carboxylic acids is 1. The van der Waals surface area contributed by atoms with Gasteiger partial charge >= 0.3 is 11.9 Å². The van der Waals surface area contributed by atoms with E-state index >= 15 is 0 Å². The number of hydrogen-bond donors (Lipinski definition) is 1. The second kappa shape index (κ2) is 7.14. The summed E-state index contributed by atoms with van der Waals surface area (Å²) >= 11 is 0. The molecule has 1 heterocycles. The van der Waals surface area contributed by atoms with Gasteiger partial charge in [-0.05, 0) is 17.8 Å². The van der Waals surface area contributed by atoms with Gasteiger partial charge in [-0.3, -0.25) is 19.3 Å². The number of carboxylic acids is 1. The Morgan fingerprint density at radius 3 is 1.76 bits per heavy atom. The molecule has 0 aliphatic carbocycles. The first-order valence-electron chi connectivity index (χ1n) is 8.45. The second-order valence-corrected chi connectivity index (χ2v) is 8.74. The van der Waals surface area contributed by atoms with E-state index in [2.05, 4.69) is 0 Å². The van der Waals surface area contributed by atoms with Gasteiger partial charge in [0.25, 0.3) is 0 Å². The van der Waals surface area contributed by atoms with Crippen LogP contribution in [0.3, 0.4) is 0 Å². The highest BCUT2D eigenvalue weighted by Crippen LogP contribution is 2.47. The summed E-state index contributed by atoms with van der Waals surface area (Å²) in [5, 5.41) is 8.75. The molecule has 7 heteroatoms. The Morgan fingerprint density at radius 1 is 1.04 bits per heavy atom. The van der Waals surface area contributed by atoms with Crippen molar-refractivity contribution in [3.05, 3.63) is 0 Å². The van der Waals surface area contributed by atoms with E-state index in [0.717, 1.165) is 4.90 Å². The highest BCUT2D eigenvalue weighted by Gasteiger charge is 2.56. The van der Waals surface area contributed by atoms with Gasteiger partial charge in [0.2, 0.25) is 11.8 Å². The highest BCUT2D eigenvalue weighted by molar-refractivity contribution is 6.06. The van der Waals surface area contributed by atoms with E-state index in [9.17, 15) is 19.2 Å². The molecule has 3 atom stereocenters. The van der Waals surface area contributed by atoms with Crippen LogP contribution in [0.25, 0.3) is 0 Å². The number of imide groups is 1. The minimum atomic E-state index is -1.26. The number of amides is 2. The largest absolute Gasteiger partial charge is 0.479 e. The quantitative estimate of drug-likeness (QED) is 0.598. The summed E-state index contributed by atoms with van der Waals surface area (Å²) in [6.45, 7) is 12.7. The highest BCUT2D eigenvalue weighted by atomic mass is 16.6. The van der Waals surface area contributed by atoms with Crippen molar-refractivity contribution in [3.63, 3.8) is 0 Å². The second-order valence-electron chi connectivity index (χ2n) is 8.74. The molecule has 1 N–H and O–H groups in total. The molecule has 1 saturated heterocycles. The topological polar surface area (TPSA) is 101 Å². The molecule has 0 bridgehead atoms. The maximum absolute atomic E-state index is 12.8. The van der Waals surface area contributed by atoms with Gasteiger partial charge < -0.3 is 9.84 Å². The monoisotopic (exact) mass is 355 g/mol. The lowest BCUT2D eigenvalue weighted by molar-refractivity contribution is -0.163. The Hall–Kier alpha value is -1.92. The number of nitrogens with zero attached hydrogens (tertiary/aromatic N) is 1. The van der Waals surface area contributed by atoms with Crippen LogP contribution >= 0.6 is 0 Å². The van der Waals surface area contributed by atoms with Crippen LogP contribution < -0.4 is 0 Å². The minimum absolute atomic E-state index is 0.0952. The van der Waals surface area contributed by atoms with E-state index in [1.807, 2.05) is 41.5 Å². The number of hydrogen-bond acceptors (Lipinski definition) is 5. The Balaban J connectivity index is 2.91. The molecule has 7 nitrogen and oxygen atoms in total. The fourth-order valence-electron chi connectivity index (χ4n) is 3.20. The molecule has 0 aromatic rings. The van der Waals surface area contributed by atoms with Crippen LogP contribution in [0.15, 0.2) is 0 Å². The summed E-state index contributed by atoms with van der Waals surface area (Å²) in [6.07, 6.45) is -1.48. The van der Waals surface area contributed by atoms with E-state index < -0.39 is 40.7 Å². The summed E-state index contributed by atoms with van der Waals surface area (Å²) in [5.74, 6) is -3.49. The van der Waals surface area contributed by atoms with Crippen LogP contribution in [-0.4, -0.2) is 46.4 Å². The third-order valence-electron chi connectivity index (χ3n) is 4.46. The van der Waals surface area contributed by atoms with E-state index in [0.29, 0.717) is 0 Å². The van der Waals surface area contributed by atoms with Crippen LogP contribution in [0, 0.1) is 22.7 Å². The maximum Gasteiger partial charge on any atom is 0.344 e. The Kier molecular flexibility index (Phi) is 6.03. The van der Waals surface area contributed by atoms with Gasteiger partial charge in [-0.15, -0.1) is 0 Å². The van der Waals surface area contributed by atoms with Crippen molar-refractivity contribution in [2.45, 2.75) is 61.0 Å². The summed E-state index contributed by atoms with van der Waals surface area (Å²) < 4.78 is 4.74. The molecule has 0 saturated carbocycles. The van der Waals surface area contributed by atoms with Gasteiger partial charge in [0.15, 0.2) is 6.10 Å². The summed E-state index contributed by atoms with van der Waals surface area (Å²) in [4.78, 5) is 49.2. The van der Waals surface area contributed by atoms with Crippen LogP contribution in [0.2, 0.25) is 0 Å². The number of esters is 1. The van der Waals surface area contributed by atoms with E-state index in [-0.39, 0.29) is 24.8 Å². The smallest absolute Gasteiger partial charge is 0.344 e. The van der Waals surface area contributed by atoms with Gasteiger partial charge in [0.05, 0.1) is 18.3 Å². The first-order valence-corrected chi connectivity index (χ1v) is 8.45. The lowest BCUT2D eigenvalue weighted by atomic mass is 9.65. The molecular weight excluding hydrogens is 326 g/mol. The SMILES string of the molecule is CC(OC(=O)CCN1C(=O)C(C(C)(C)C)C(C(C)(C)C)C1=O)C(=O)O. The fourth-order valence-corrected chi connectivity index (χ4v) is 3.20. The van der Waals surface area contributed by atoms with Crippen molar-refractivity contribution in [1.29, 1.82) is 0 Å². The normalized spacial score (nSPS) is 22.9. The molecule has 0 aromatic carbocycles. The van der Waals surface area contributed by atoms with Crippen LogP contribution in [-0.2, 0) is 23.9 Å². The third-order valence-corrected chi connectivity index (χ3v) is 4.46. The number of carbonyl (C=O) groups is 4. The molecule has 1 aliphatic rings. The molecule has 1 fully saturated rings. The van der Waals surface area contributed by atoms with Gasteiger partial charge in [-0.2, -0.15) is 0 Å². The van der Waals surface area contributed by atoms with Gasteiger partial charge in [0.1, 0.15) is 0 Å². The Morgan fingerprint density at radius 2 is 1.44 bits per heavy atom. The maximum atomic E-state index is 12.8. The Bertz CT molecular complexity index is 537. The summed E-state index contributed by atoms with van der Waals surface area (Å²) in [7, 11) is 0. The van der Waals surface area contributed by atoms with E-state index in [4.69, 9.17) is 9.84 Å². The number of carbonyl (C=O) groups excluding carboxylic acids is 3. The third kappa shape index (κ3) is 4.80. The lowest BCUT2D eigenvalue weighted by Crippen LogP contribution is -2.38.